The van der Waals surface area contributed by atoms with Crippen LogP contribution in [0.4, 0.5) is 0 Å². The molecule has 3 N–H and O–H groups in total. The number of hydrogen-bond acceptors (Lipinski definition) is 3. The van der Waals surface area contributed by atoms with Crippen molar-refractivity contribution in [2.75, 3.05) is 6.61 Å². The average molecular weight is 307 g/mol. The van der Waals surface area contributed by atoms with Crippen LogP contribution in [0.3, 0.4) is 0 Å². The molecule has 0 saturated carbocycles. The van der Waals surface area contributed by atoms with Crippen LogP contribution in [0.25, 0.3) is 0 Å². The van der Waals surface area contributed by atoms with Crippen molar-refractivity contribution in [2.24, 2.45) is 5.73 Å². The predicted octanol–water partition coefficient (Wildman–Crippen LogP) is 3.37. The lowest BCUT2D eigenvalue weighted by atomic mass is 10.1. The number of benzene rings is 2. The maximum atomic E-state index is 7.59. The number of nitrogens with two attached hydrogens (primary N) is 1. The summed E-state index contributed by atoms with van der Waals surface area (Å²) >= 11 is 0. The highest BCUT2D eigenvalue weighted by Crippen LogP contribution is 2.24. The van der Waals surface area contributed by atoms with Crippen LogP contribution < -0.4 is 15.2 Å². The Morgan fingerprint density at radius 1 is 1.10 bits per heavy atom. The molecular weight excluding hydrogens is 288 g/mol. The van der Waals surface area contributed by atoms with Crippen molar-refractivity contribution in [3.8, 4) is 11.5 Å². The molecule has 0 aromatic heterocycles. The molecule has 4 nitrogen and oxygen atoms in total. The lowest BCUT2D eigenvalue weighted by Crippen LogP contribution is -2.13. The highest BCUT2D eigenvalue weighted by Gasteiger charge is 2.08. The van der Waals surface area contributed by atoms with Gasteiger partial charge >= 0.3 is 0 Å². The first-order valence-corrected chi connectivity index (χ1v) is 6.48. The summed E-state index contributed by atoms with van der Waals surface area (Å²) in [5, 5.41) is 7.59. The Kier molecular flexibility index (Phi) is 6.56. The second kappa shape index (κ2) is 8.17. The molecule has 0 bridgehead atoms. The molecule has 0 unspecified atom stereocenters. The van der Waals surface area contributed by atoms with Crippen molar-refractivity contribution in [2.45, 2.75) is 13.5 Å². The van der Waals surface area contributed by atoms with Crippen LogP contribution in [0, 0.1) is 5.41 Å². The van der Waals surface area contributed by atoms with Gasteiger partial charge in [0.15, 0.2) is 0 Å². The van der Waals surface area contributed by atoms with Gasteiger partial charge in [-0.15, -0.1) is 12.4 Å². The number of amidine groups is 1. The van der Waals surface area contributed by atoms with Crippen molar-refractivity contribution < 1.29 is 9.47 Å². The van der Waals surface area contributed by atoms with E-state index in [-0.39, 0.29) is 18.2 Å². The lowest BCUT2D eigenvalue weighted by molar-refractivity contribution is 0.304. The highest BCUT2D eigenvalue weighted by molar-refractivity contribution is 5.98. The maximum Gasteiger partial charge on any atom is 0.130 e. The maximum absolute atomic E-state index is 7.59. The van der Waals surface area contributed by atoms with Gasteiger partial charge < -0.3 is 15.2 Å². The molecule has 0 saturated heterocycles. The molecule has 0 radical (unpaired) electrons. The lowest BCUT2D eigenvalue weighted by Gasteiger charge is -2.12. The monoisotopic (exact) mass is 306 g/mol. The molecular formula is C16H19ClN2O2. The minimum atomic E-state index is -0.0291. The number of halogens is 1. The second-order valence-corrected chi connectivity index (χ2v) is 4.28. The zero-order valence-corrected chi connectivity index (χ0v) is 12.7. The van der Waals surface area contributed by atoms with Gasteiger partial charge in [0, 0.05) is 0 Å². The van der Waals surface area contributed by atoms with E-state index in [0.717, 1.165) is 5.56 Å². The molecule has 0 atom stereocenters. The summed E-state index contributed by atoms with van der Waals surface area (Å²) in [6.07, 6.45) is 0. The molecule has 0 amide bonds. The average Bonchev–Trinajstić information content (AvgIpc) is 2.47. The van der Waals surface area contributed by atoms with Crippen molar-refractivity contribution >= 4 is 18.2 Å². The molecule has 0 aliphatic rings. The third kappa shape index (κ3) is 4.68. The number of nitrogen functional groups attached to an aromatic ring is 1. The van der Waals surface area contributed by atoms with Gasteiger partial charge in [0.25, 0.3) is 0 Å². The van der Waals surface area contributed by atoms with Crippen LogP contribution in [-0.4, -0.2) is 12.4 Å². The first kappa shape index (κ1) is 16.9. The van der Waals surface area contributed by atoms with Gasteiger partial charge in [0.1, 0.15) is 23.9 Å². The van der Waals surface area contributed by atoms with Crippen LogP contribution in [0.1, 0.15) is 18.1 Å². The van der Waals surface area contributed by atoms with Crippen LogP contribution in [0.15, 0.2) is 48.5 Å². The fourth-order valence-corrected chi connectivity index (χ4v) is 1.83. The van der Waals surface area contributed by atoms with E-state index in [1.54, 1.807) is 12.1 Å². The van der Waals surface area contributed by atoms with Crippen molar-refractivity contribution in [3.63, 3.8) is 0 Å². The fraction of sp³-hybridized carbons (Fsp3) is 0.188. The van der Waals surface area contributed by atoms with Crippen molar-refractivity contribution in [1.82, 2.24) is 0 Å². The molecule has 2 aromatic rings. The Morgan fingerprint density at radius 3 is 2.43 bits per heavy atom. The van der Waals surface area contributed by atoms with E-state index in [2.05, 4.69) is 0 Å². The normalized spacial score (nSPS) is 9.57. The zero-order valence-electron chi connectivity index (χ0n) is 11.8. The van der Waals surface area contributed by atoms with Gasteiger partial charge in [0.05, 0.1) is 12.2 Å². The van der Waals surface area contributed by atoms with E-state index < -0.39 is 0 Å². The Bertz CT molecular complexity index is 588. The summed E-state index contributed by atoms with van der Waals surface area (Å²) in [4.78, 5) is 0. The van der Waals surface area contributed by atoms with E-state index in [4.69, 9.17) is 20.6 Å². The van der Waals surface area contributed by atoms with Crippen LogP contribution in [-0.2, 0) is 6.61 Å². The molecule has 5 heteroatoms. The SMILES string of the molecule is CCOc1ccc(OCc2ccccc2)cc1C(=N)N.Cl. The number of rotatable bonds is 6. The minimum Gasteiger partial charge on any atom is -0.493 e. The number of hydrogen-bond donors (Lipinski definition) is 2. The van der Waals surface area contributed by atoms with Crippen LogP contribution >= 0.6 is 12.4 Å². The Balaban J connectivity index is 0.00000220. The summed E-state index contributed by atoms with van der Waals surface area (Å²) in [5.41, 5.74) is 7.21. The predicted molar refractivity (Wildman–Crippen MR) is 86.6 cm³/mol. The Hall–Kier alpha value is -2.20. The highest BCUT2D eigenvalue weighted by atomic mass is 35.5. The van der Waals surface area contributed by atoms with E-state index in [9.17, 15) is 0 Å². The molecule has 21 heavy (non-hydrogen) atoms. The quantitative estimate of drug-likeness (QED) is 0.635. The summed E-state index contributed by atoms with van der Waals surface area (Å²) < 4.78 is 11.1. The molecule has 0 heterocycles. The Labute approximate surface area is 130 Å². The second-order valence-electron chi connectivity index (χ2n) is 4.28. The van der Waals surface area contributed by atoms with E-state index >= 15 is 0 Å². The molecule has 0 fully saturated rings. The van der Waals surface area contributed by atoms with Crippen molar-refractivity contribution in [3.05, 3.63) is 59.7 Å². The van der Waals surface area contributed by atoms with Crippen LogP contribution in [0.2, 0.25) is 0 Å². The summed E-state index contributed by atoms with van der Waals surface area (Å²) in [6, 6.07) is 15.2. The first-order chi connectivity index (χ1) is 9.70. The molecule has 112 valence electrons. The molecule has 0 spiro atoms. The molecule has 2 rings (SSSR count). The summed E-state index contributed by atoms with van der Waals surface area (Å²) in [6.45, 7) is 2.90. The molecule has 0 aliphatic carbocycles. The fourth-order valence-electron chi connectivity index (χ4n) is 1.83. The topological polar surface area (TPSA) is 68.3 Å². The van der Waals surface area contributed by atoms with E-state index in [1.807, 2.05) is 43.3 Å². The third-order valence-electron chi connectivity index (χ3n) is 2.79. The Morgan fingerprint density at radius 2 is 1.81 bits per heavy atom. The largest absolute Gasteiger partial charge is 0.493 e. The first-order valence-electron chi connectivity index (χ1n) is 6.48. The van der Waals surface area contributed by atoms with Gasteiger partial charge in [0.2, 0.25) is 0 Å². The van der Waals surface area contributed by atoms with Crippen LogP contribution in [0.5, 0.6) is 11.5 Å². The van der Waals surface area contributed by atoms with E-state index in [0.29, 0.717) is 30.3 Å². The summed E-state index contributed by atoms with van der Waals surface area (Å²) in [7, 11) is 0. The number of nitrogens with one attached hydrogen (secondary N) is 1. The van der Waals surface area contributed by atoms with E-state index in [1.165, 1.54) is 0 Å². The summed E-state index contributed by atoms with van der Waals surface area (Å²) in [5.74, 6) is 1.24. The minimum absolute atomic E-state index is 0. The van der Waals surface area contributed by atoms with Gasteiger partial charge in [-0.3, -0.25) is 5.41 Å². The standard InChI is InChI=1S/C16H18N2O2.ClH/c1-2-19-15-9-8-13(10-14(15)16(17)18)20-11-12-6-4-3-5-7-12;/h3-10H,2,11H2,1H3,(H3,17,18);1H. The van der Waals surface area contributed by atoms with Gasteiger partial charge in [-0.05, 0) is 30.7 Å². The van der Waals surface area contributed by atoms with Crippen molar-refractivity contribution in [1.29, 1.82) is 5.41 Å². The zero-order chi connectivity index (χ0) is 14.4. The molecule has 0 aliphatic heterocycles. The van der Waals surface area contributed by atoms with Gasteiger partial charge in [-0.2, -0.15) is 0 Å². The third-order valence-corrected chi connectivity index (χ3v) is 2.79. The molecule has 2 aromatic carbocycles. The van der Waals surface area contributed by atoms with Gasteiger partial charge in [-0.25, -0.2) is 0 Å². The smallest absolute Gasteiger partial charge is 0.130 e. The number of ether oxygens (including phenoxy) is 2. The van der Waals surface area contributed by atoms with Gasteiger partial charge in [-0.1, -0.05) is 30.3 Å².